The third kappa shape index (κ3) is 3.71. The molecule has 1 fully saturated rings. The van der Waals surface area contributed by atoms with Gasteiger partial charge < -0.3 is 14.4 Å². The number of imidazole rings is 1. The topological polar surface area (TPSA) is 44.6 Å². The van der Waals surface area contributed by atoms with Crippen LogP contribution in [-0.2, 0) is 18.3 Å². The molecular weight excluding hydrogens is 350 g/mol. The smallest absolute Gasteiger partial charge is 0.241 e. The molecule has 0 N–H and O–H groups in total. The number of hydrogen-bond acceptors (Lipinski definition) is 4. The summed E-state index contributed by atoms with van der Waals surface area (Å²) in [6.07, 6.45) is 5.93. The van der Waals surface area contributed by atoms with Gasteiger partial charge in [0.1, 0.15) is 0 Å². The Bertz CT molecular complexity index is 754. The predicted molar refractivity (Wildman–Crippen MR) is 106 cm³/mol. The zero-order chi connectivity index (χ0) is 17.2. The van der Waals surface area contributed by atoms with E-state index in [1.165, 1.54) is 5.56 Å². The van der Waals surface area contributed by atoms with E-state index in [0.717, 1.165) is 57.2 Å². The summed E-state index contributed by atoms with van der Waals surface area (Å²) in [4.78, 5) is 23.8. The molecule has 0 bridgehead atoms. The highest BCUT2D eigenvalue weighted by molar-refractivity contribution is 5.96. The van der Waals surface area contributed by atoms with E-state index < -0.39 is 0 Å². The molecule has 0 unspecified atom stereocenters. The molecule has 0 aliphatic carbocycles. The highest BCUT2D eigenvalue weighted by atomic mass is 35.5. The average molecular weight is 376 g/mol. The van der Waals surface area contributed by atoms with Crippen LogP contribution < -0.4 is 9.80 Å². The van der Waals surface area contributed by atoms with Gasteiger partial charge in [-0.3, -0.25) is 9.69 Å². The number of anilines is 2. The van der Waals surface area contributed by atoms with Crippen LogP contribution in [0.15, 0.2) is 36.7 Å². The van der Waals surface area contributed by atoms with Crippen LogP contribution in [0.4, 0.5) is 11.6 Å². The van der Waals surface area contributed by atoms with Crippen LogP contribution in [0.5, 0.6) is 0 Å². The van der Waals surface area contributed by atoms with Gasteiger partial charge in [-0.25, -0.2) is 4.98 Å². The number of rotatable bonds is 3. The minimum atomic E-state index is 0. The molecule has 140 valence electrons. The number of amides is 1. The second kappa shape index (κ2) is 8.10. The molecule has 2 aliphatic rings. The molecule has 2 aliphatic heterocycles. The van der Waals surface area contributed by atoms with Gasteiger partial charge >= 0.3 is 0 Å². The number of carbonyl (C=O) groups is 1. The van der Waals surface area contributed by atoms with Crippen molar-refractivity contribution in [1.29, 1.82) is 0 Å². The Kier molecular flexibility index (Phi) is 5.84. The molecule has 1 aromatic heterocycles. The van der Waals surface area contributed by atoms with Crippen LogP contribution in [0.3, 0.4) is 0 Å². The number of benzene rings is 1. The van der Waals surface area contributed by atoms with E-state index in [1.54, 1.807) is 0 Å². The summed E-state index contributed by atoms with van der Waals surface area (Å²) in [5.74, 6) is 1.23. The van der Waals surface area contributed by atoms with E-state index in [1.807, 2.05) is 35.0 Å². The monoisotopic (exact) mass is 375 g/mol. The largest absolute Gasteiger partial charge is 0.340 e. The van der Waals surface area contributed by atoms with Gasteiger partial charge in [0.2, 0.25) is 11.9 Å². The number of aromatic nitrogens is 2. The van der Waals surface area contributed by atoms with E-state index in [4.69, 9.17) is 0 Å². The predicted octanol–water partition coefficient (Wildman–Crippen LogP) is 1.94. The van der Waals surface area contributed by atoms with E-state index in [2.05, 4.69) is 33.0 Å². The normalized spacial score (nSPS) is 17.6. The van der Waals surface area contributed by atoms with E-state index >= 15 is 0 Å². The summed E-state index contributed by atoms with van der Waals surface area (Å²) in [6, 6.07) is 8.30. The van der Waals surface area contributed by atoms with Crippen molar-refractivity contribution in [3.8, 4) is 0 Å². The van der Waals surface area contributed by atoms with E-state index in [0.29, 0.717) is 6.54 Å². The van der Waals surface area contributed by atoms with Crippen LogP contribution in [0.1, 0.15) is 12.0 Å². The number of piperazine rings is 1. The Morgan fingerprint density at radius 3 is 2.62 bits per heavy atom. The number of nitrogens with zero attached hydrogens (tertiary/aromatic N) is 5. The second-order valence-corrected chi connectivity index (χ2v) is 6.88. The van der Waals surface area contributed by atoms with Gasteiger partial charge in [0, 0.05) is 57.9 Å². The SMILES string of the molecule is Cl.Cn1ccnc1N1CCN(CC(=O)N2CCCc3ccccc32)CC1. The fourth-order valence-corrected chi connectivity index (χ4v) is 3.84. The van der Waals surface area contributed by atoms with E-state index in [-0.39, 0.29) is 18.3 Å². The van der Waals surface area contributed by atoms with Crippen LogP contribution in [0.25, 0.3) is 0 Å². The van der Waals surface area contributed by atoms with Crippen molar-refractivity contribution in [3.63, 3.8) is 0 Å². The van der Waals surface area contributed by atoms with Gasteiger partial charge in [-0.15, -0.1) is 12.4 Å². The summed E-state index contributed by atoms with van der Waals surface area (Å²) in [6.45, 7) is 4.96. The van der Waals surface area contributed by atoms with Crippen LogP contribution in [0, 0.1) is 0 Å². The number of carbonyl (C=O) groups excluding carboxylic acids is 1. The van der Waals surface area contributed by atoms with Gasteiger partial charge in [-0.05, 0) is 24.5 Å². The standard InChI is InChI=1S/C19H25N5O.ClH/c1-21-10-8-20-19(21)23-13-11-22(12-14-23)15-18(25)24-9-4-6-16-5-2-3-7-17(16)24;/h2-3,5,7-8,10H,4,6,9,11-15H2,1H3;1H. The van der Waals surface area contributed by atoms with Crippen molar-refractivity contribution in [2.45, 2.75) is 12.8 Å². The van der Waals surface area contributed by atoms with Crippen molar-refractivity contribution in [2.24, 2.45) is 7.05 Å². The lowest BCUT2D eigenvalue weighted by atomic mass is 10.0. The number of para-hydroxylation sites is 1. The average Bonchev–Trinajstić information content (AvgIpc) is 3.08. The maximum atomic E-state index is 12.8. The molecule has 1 saturated heterocycles. The Morgan fingerprint density at radius 1 is 1.12 bits per heavy atom. The van der Waals surface area contributed by atoms with Crippen molar-refractivity contribution in [3.05, 3.63) is 42.2 Å². The highest BCUT2D eigenvalue weighted by Crippen LogP contribution is 2.26. The van der Waals surface area contributed by atoms with Crippen molar-refractivity contribution in [2.75, 3.05) is 49.1 Å². The van der Waals surface area contributed by atoms with Gasteiger partial charge in [-0.1, -0.05) is 18.2 Å². The summed E-state index contributed by atoms with van der Waals surface area (Å²) in [5, 5.41) is 0. The van der Waals surface area contributed by atoms with Crippen LogP contribution in [0.2, 0.25) is 0 Å². The molecule has 6 nitrogen and oxygen atoms in total. The summed E-state index contributed by atoms with van der Waals surface area (Å²) in [5.41, 5.74) is 2.40. The highest BCUT2D eigenvalue weighted by Gasteiger charge is 2.26. The second-order valence-electron chi connectivity index (χ2n) is 6.88. The third-order valence-corrected chi connectivity index (χ3v) is 5.22. The molecule has 0 saturated carbocycles. The maximum Gasteiger partial charge on any atom is 0.241 e. The van der Waals surface area contributed by atoms with Crippen LogP contribution in [-0.4, -0.2) is 59.6 Å². The molecule has 1 amide bonds. The molecule has 26 heavy (non-hydrogen) atoms. The van der Waals surface area contributed by atoms with Crippen molar-refractivity contribution >= 4 is 29.9 Å². The number of hydrogen-bond donors (Lipinski definition) is 0. The lowest BCUT2D eigenvalue weighted by Crippen LogP contribution is -2.51. The van der Waals surface area contributed by atoms with Gasteiger partial charge in [0.25, 0.3) is 0 Å². The summed E-state index contributed by atoms with van der Waals surface area (Å²) in [7, 11) is 2.02. The molecule has 0 radical (unpaired) electrons. The molecule has 7 heteroatoms. The first kappa shape index (κ1) is 18.7. The zero-order valence-corrected chi connectivity index (χ0v) is 16.0. The van der Waals surface area contributed by atoms with Gasteiger partial charge in [0.05, 0.1) is 6.54 Å². The first-order valence-corrected chi connectivity index (χ1v) is 9.05. The number of aryl methyl sites for hydroxylation is 2. The fraction of sp³-hybridized carbons (Fsp3) is 0.474. The van der Waals surface area contributed by atoms with Gasteiger partial charge in [0.15, 0.2) is 0 Å². The molecule has 4 rings (SSSR count). The lowest BCUT2D eigenvalue weighted by Gasteiger charge is -2.36. The maximum absolute atomic E-state index is 12.8. The first-order valence-electron chi connectivity index (χ1n) is 9.05. The quantitative estimate of drug-likeness (QED) is 0.822. The third-order valence-electron chi connectivity index (χ3n) is 5.22. The van der Waals surface area contributed by atoms with Crippen molar-refractivity contribution in [1.82, 2.24) is 14.5 Å². The lowest BCUT2D eigenvalue weighted by molar-refractivity contribution is -0.119. The molecule has 0 spiro atoms. The molecule has 3 heterocycles. The zero-order valence-electron chi connectivity index (χ0n) is 15.2. The van der Waals surface area contributed by atoms with E-state index in [9.17, 15) is 4.79 Å². The molecule has 0 atom stereocenters. The molecule has 1 aromatic carbocycles. The van der Waals surface area contributed by atoms with Crippen molar-refractivity contribution < 1.29 is 4.79 Å². The Morgan fingerprint density at radius 2 is 1.88 bits per heavy atom. The Balaban J connectivity index is 0.00000196. The fourth-order valence-electron chi connectivity index (χ4n) is 3.84. The minimum Gasteiger partial charge on any atom is -0.340 e. The Labute approximate surface area is 160 Å². The minimum absolute atomic E-state index is 0. The summed E-state index contributed by atoms with van der Waals surface area (Å²) < 4.78 is 2.05. The number of fused-ring (bicyclic) bond motifs is 1. The Hall–Kier alpha value is -2.05. The molecule has 2 aromatic rings. The van der Waals surface area contributed by atoms with Crippen LogP contribution >= 0.6 is 12.4 Å². The summed E-state index contributed by atoms with van der Waals surface area (Å²) >= 11 is 0. The molecular formula is C19H26ClN5O. The van der Waals surface area contributed by atoms with Gasteiger partial charge in [-0.2, -0.15) is 0 Å². The first-order chi connectivity index (χ1) is 12.2. The number of halogens is 1.